The number of fused-ring (bicyclic) bond motifs is 1. The molecule has 156 valence electrons. The normalized spacial score (nSPS) is 16.1. The zero-order valence-corrected chi connectivity index (χ0v) is 19.3. The minimum absolute atomic E-state index is 0. The molecule has 2 aromatic rings. The zero-order chi connectivity index (χ0) is 18.9. The summed E-state index contributed by atoms with van der Waals surface area (Å²) in [6.45, 7) is 4.51. The Hall–Kier alpha value is -1.42. The van der Waals surface area contributed by atoms with Gasteiger partial charge in [0.1, 0.15) is 5.82 Å². The van der Waals surface area contributed by atoms with Crippen molar-refractivity contribution >= 4 is 35.6 Å². The predicted octanol–water partition coefficient (Wildman–Crippen LogP) is 3.04. The van der Waals surface area contributed by atoms with Crippen molar-refractivity contribution in [3.05, 3.63) is 30.2 Å². The second-order valence-electron chi connectivity index (χ2n) is 7.05. The monoisotopic (exact) mass is 500 g/mol. The van der Waals surface area contributed by atoms with Gasteiger partial charge < -0.3 is 15.4 Å². The van der Waals surface area contributed by atoms with E-state index in [0.717, 1.165) is 55.9 Å². The molecule has 1 aliphatic rings. The van der Waals surface area contributed by atoms with Gasteiger partial charge in [0.15, 0.2) is 11.6 Å². The molecule has 1 unspecified atom stereocenters. The molecule has 2 N–H and O–H groups in total. The Balaban J connectivity index is 0.00000280. The van der Waals surface area contributed by atoms with Crippen LogP contribution in [0.1, 0.15) is 44.9 Å². The molecule has 1 fully saturated rings. The van der Waals surface area contributed by atoms with Crippen LogP contribution in [0.5, 0.6) is 0 Å². The molecule has 0 spiro atoms. The fourth-order valence-electron chi connectivity index (χ4n) is 3.91. The Bertz CT molecular complexity index is 728. The number of pyridine rings is 1. The van der Waals surface area contributed by atoms with E-state index in [9.17, 15) is 0 Å². The molecular formula is C20H33IN6O. The van der Waals surface area contributed by atoms with E-state index in [1.54, 1.807) is 7.05 Å². The summed E-state index contributed by atoms with van der Waals surface area (Å²) in [4.78, 5) is 4.32. The first-order chi connectivity index (χ1) is 13.3. The number of aliphatic imine (C=N–C) groups is 1. The largest absolute Gasteiger partial charge is 0.378 e. The quantitative estimate of drug-likeness (QED) is 0.315. The number of nitrogens with one attached hydrogen (secondary N) is 2. The third kappa shape index (κ3) is 6.30. The van der Waals surface area contributed by atoms with E-state index in [4.69, 9.17) is 4.74 Å². The van der Waals surface area contributed by atoms with Gasteiger partial charge in [-0.2, -0.15) is 0 Å². The summed E-state index contributed by atoms with van der Waals surface area (Å²) in [5, 5.41) is 15.2. The molecule has 1 atom stereocenters. The molecule has 2 aromatic heterocycles. The van der Waals surface area contributed by atoms with Crippen LogP contribution >= 0.6 is 24.0 Å². The highest BCUT2D eigenvalue weighted by Gasteiger charge is 2.25. The van der Waals surface area contributed by atoms with Gasteiger partial charge >= 0.3 is 0 Å². The van der Waals surface area contributed by atoms with E-state index in [-0.39, 0.29) is 24.0 Å². The fourth-order valence-corrected chi connectivity index (χ4v) is 3.91. The van der Waals surface area contributed by atoms with Crippen molar-refractivity contribution in [2.75, 3.05) is 26.7 Å². The minimum atomic E-state index is 0. The molecule has 7 nitrogen and oxygen atoms in total. The van der Waals surface area contributed by atoms with Gasteiger partial charge in [0.25, 0.3) is 0 Å². The van der Waals surface area contributed by atoms with Gasteiger partial charge in [0.2, 0.25) is 0 Å². The van der Waals surface area contributed by atoms with Crippen molar-refractivity contribution in [1.29, 1.82) is 0 Å². The van der Waals surface area contributed by atoms with E-state index in [1.807, 2.05) is 28.8 Å². The molecule has 0 amide bonds. The third-order valence-corrected chi connectivity index (χ3v) is 5.28. The summed E-state index contributed by atoms with van der Waals surface area (Å²) in [5.74, 6) is 2.50. The number of hydrogen-bond donors (Lipinski definition) is 2. The minimum Gasteiger partial charge on any atom is -0.378 e. The Morgan fingerprint density at radius 3 is 2.79 bits per heavy atom. The first kappa shape index (κ1) is 22.9. The molecule has 8 heteroatoms. The van der Waals surface area contributed by atoms with E-state index >= 15 is 0 Å². The van der Waals surface area contributed by atoms with Gasteiger partial charge in [0.05, 0.1) is 6.10 Å². The van der Waals surface area contributed by atoms with Crippen LogP contribution in [0.2, 0.25) is 0 Å². The molecule has 0 bridgehead atoms. The van der Waals surface area contributed by atoms with Crippen LogP contribution in [0, 0.1) is 5.92 Å². The zero-order valence-electron chi connectivity index (χ0n) is 16.9. The second kappa shape index (κ2) is 12.2. The number of aromatic nitrogens is 3. The molecule has 0 aliphatic heterocycles. The summed E-state index contributed by atoms with van der Waals surface area (Å²) >= 11 is 0. The van der Waals surface area contributed by atoms with Crippen LogP contribution in [-0.2, 0) is 11.2 Å². The van der Waals surface area contributed by atoms with Crippen LogP contribution in [0.3, 0.4) is 0 Å². The lowest BCUT2D eigenvalue weighted by atomic mass is 9.98. The van der Waals surface area contributed by atoms with E-state index < -0.39 is 0 Å². The SMILES string of the molecule is CCOC(CCNC(=NC)NCCc1nnc2ccccn12)C1CCCC1.I. The van der Waals surface area contributed by atoms with Gasteiger partial charge in [-0.15, -0.1) is 34.2 Å². The highest BCUT2D eigenvalue weighted by molar-refractivity contribution is 14.0. The molecular weight excluding hydrogens is 467 g/mol. The van der Waals surface area contributed by atoms with Crippen LogP contribution in [0.4, 0.5) is 0 Å². The summed E-state index contributed by atoms with van der Waals surface area (Å²) in [6.07, 6.45) is 9.49. The van der Waals surface area contributed by atoms with Crippen molar-refractivity contribution in [3.63, 3.8) is 0 Å². The fraction of sp³-hybridized carbons (Fsp3) is 0.650. The third-order valence-electron chi connectivity index (χ3n) is 5.28. The highest BCUT2D eigenvalue weighted by Crippen LogP contribution is 2.30. The van der Waals surface area contributed by atoms with Crippen molar-refractivity contribution < 1.29 is 4.74 Å². The molecule has 2 heterocycles. The first-order valence-corrected chi connectivity index (χ1v) is 10.2. The van der Waals surface area contributed by atoms with Crippen LogP contribution in [0.15, 0.2) is 29.4 Å². The van der Waals surface area contributed by atoms with Gasteiger partial charge in [-0.05, 0) is 44.2 Å². The number of nitrogens with zero attached hydrogens (tertiary/aromatic N) is 4. The van der Waals surface area contributed by atoms with Gasteiger partial charge in [-0.25, -0.2) is 0 Å². The molecule has 0 saturated heterocycles. The highest BCUT2D eigenvalue weighted by atomic mass is 127. The second-order valence-corrected chi connectivity index (χ2v) is 7.05. The number of rotatable bonds is 9. The summed E-state index contributed by atoms with van der Waals surface area (Å²) < 4.78 is 8.01. The molecule has 0 radical (unpaired) electrons. The van der Waals surface area contributed by atoms with Gasteiger partial charge in [-0.1, -0.05) is 18.9 Å². The average molecular weight is 500 g/mol. The standard InChI is InChI=1S/C20H32N6O.HI/c1-3-27-17(16-8-4-5-9-16)11-13-22-20(21-2)23-14-12-19-25-24-18-10-6-7-15-26(18)19;/h6-7,10,15-17H,3-5,8-9,11-14H2,1-2H3,(H2,21,22,23);1H. The van der Waals surface area contributed by atoms with Crippen LogP contribution in [-0.4, -0.2) is 53.4 Å². The van der Waals surface area contributed by atoms with Gasteiger partial charge in [0, 0.05) is 39.4 Å². The van der Waals surface area contributed by atoms with Crippen molar-refractivity contribution in [2.45, 2.75) is 51.6 Å². The topological polar surface area (TPSA) is 75.8 Å². The summed E-state index contributed by atoms with van der Waals surface area (Å²) in [7, 11) is 1.80. The molecule has 3 rings (SSSR count). The Kier molecular flexibility index (Phi) is 9.97. The lowest BCUT2D eigenvalue weighted by Gasteiger charge is -2.24. The Morgan fingerprint density at radius 1 is 1.25 bits per heavy atom. The maximum absolute atomic E-state index is 5.99. The summed E-state index contributed by atoms with van der Waals surface area (Å²) in [6, 6.07) is 5.93. The first-order valence-electron chi connectivity index (χ1n) is 10.2. The van der Waals surface area contributed by atoms with E-state index in [2.05, 4.69) is 32.7 Å². The molecule has 28 heavy (non-hydrogen) atoms. The molecule has 0 aromatic carbocycles. The van der Waals surface area contributed by atoms with E-state index in [1.165, 1.54) is 25.7 Å². The van der Waals surface area contributed by atoms with Crippen LogP contribution < -0.4 is 10.6 Å². The predicted molar refractivity (Wildman–Crippen MR) is 123 cm³/mol. The smallest absolute Gasteiger partial charge is 0.190 e. The van der Waals surface area contributed by atoms with E-state index in [0.29, 0.717) is 6.10 Å². The lowest BCUT2D eigenvalue weighted by Crippen LogP contribution is -2.40. The number of halogens is 1. The van der Waals surface area contributed by atoms with Gasteiger partial charge in [-0.3, -0.25) is 9.39 Å². The maximum Gasteiger partial charge on any atom is 0.190 e. The van der Waals surface area contributed by atoms with Crippen molar-refractivity contribution in [3.8, 4) is 0 Å². The molecule has 1 saturated carbocycles. The maximum atomic E-state index is 5.99. The average Bonchev–Trinajstić information content (AvgIpc) is 3.36. The Morgan fingerprint density at radius 2 is 2.04 bits per heavy atom. The number of ether oxygens (including phenoxy) is 1. The Labute approximate surface area is 184 Å². The van der Waals surface area contributed by atoms with Crippen molar-refractivity contribution in [1.82, 2.24) is 25.2 Å². The molecule has 1 aliphatic carbocycles. The van der Waals surface area contributed by atoms with Crippen molar-refractivity contribution in [2.24, 2.45) is 10.9 Å². The number of hydrogen-bond acceptors (Lipinski definition) is 4. The summed E-state index contributed by atoms with van der Waals surface area (Å²) in [5.41, 5.74) is 0.879. The lowest BCUT2D eigenvalue weighted by molar-refractivity contribution is 0.0169. The van der Waals surface area contributed by atoms with Crippen LogP contribution in [0.25, 0.3) is 5.65 Å². The number of guanidine groups is 1.